The van der Waals surface area contributed by atoms with Gasteiger partial charge in [-0.2, -0.15) is 13.2 Å². The lowest BCUT2D eigenvalue weighted by Crippen LogP contribution is -2.42. The van der Waals surface area contributed by atoms with E-state index >= 15 is 0 Å². The number of alkyl halides is 3. The molecule has 1 aliphatic rings. The summed E-state index contributed by atoms with van der Waals surface area (Å²) in [4.78, 5) is 18.3. The number of aryl methyl sites for hydroxylation is 1. The molecule has 0 aromatic heterocycles. The van der Waals surface area contributed by atoms with Gasteiger partial charge in [-0.05, 0) is 36.8 Å². The molecule has 30 heavy (non-hydrogen) atoms. The van der Waals surface area contributed by atoms with Crippen molar-refractivity contribution in [2.45, 2.75) is 25.1 Å². The summed E-state index contributed by atoms with van der Waals surface area (Å²) >= 11 is 11.8. The lowest BCUT2D eigenvalue weighted by atomic mass is 9.86. The number of rotatable bonds is 3. The Labute approximate surface area is 181 Å². The zero-order valence-corrected chi connectivity index (χ0v) is 17.8. The Hall–Kier alpha value is -2.45. The highest BCUT2D eigenvalue weighted by molar-refractivity contribution is 6.34. The lowest BCUT2D eigenvalue weighted by Gasteiger charge is -2.29. The van der Waals surface area contributed by atoms with Gasteiger partial charge in [-0.1, -0.05) is 40.5 Å². The first-order valence-corrected chi connectivity index (χ1v) is 9.56. The van der Waals surface area contributed by atoms with Crippen LogP contribution in [0.2, 0.25) is 10.0 Å². The number of anilines is 1. The number of halogens is 5. The standard InChI is InChI=1S/C20H18Cl2F3N3O2/c1-11-4-5-12(6-16(11)26-18(29)28(2)3)17-10-19(30-27-17,20(23,24)25)13-7-14(21)9-15(22)8-13/h4-9H,10H2,1-3H3,(H,26,29). The monoisotopic (exact) mass is 459 g/mol. The smallest absolute Gasteiger partial charge is 0.374 e. The van der Waals surface area contributed by atoms with Crippen molar-refractivity contribution in [2.24, 2.45) is 5.16 Å². The number of amides is 2. The van der Waals surface area contributed by atoms with Gasteiger partial charge >= 0.3 is 12.2 Å². The van der Waals surface area contributed by atoms with Crippen molar-refractivity contribution in [1.29, 1.82) is 0 Å². The van der Waals surface area contributed by atoms with Crippen LogP contribution in [0, 0.1) is 6.92 Å². The van der Waals surface area contributed by atoms with E-state index in [0.29, 0.717) is 11.3 Å². The Kier molecular flexibility index (Phi) is 5.93. The third kappa shape index (κ3) is 4.20. The summed E-state index contributed by atoms with van der Waals surface area (Å²) in [6, 6.07) is 8.18. The molecule has 0 saturated carbocycles. The summed E-state index contributed by atoms with van der Waals surface area (Å²) in [7, 11) is 3.16. The molecule has 2 aromatic carbocycles. The van der Waals surface area contributed by atoms with E-state index in [1.165, 1.54) is 11.0 Å². The Bertz CT molecular complexity index is 1000. The first-order chi connectivity index (χ1) is 13.9. The van der Waals surface area contributed by atoms with Crippen LogP contribution < -0.4 is 5.32 Å². The molecule has 5 nitrogen and oxygen atoms in total. The summed E-state index contributed by atoms with van der Waals surface area (Å²) < 4.78 is 42.3. The van der Waals surface area contributed by atoms with Crippen molar-refractivity contribution < 1.29 is 22.8 Å². The van der Waals surface area contributed by atoms with Gasteiger partial charge in [-0.3, -0.25) is 0 Å². The number of benzene rings is 2. The molecule has 0 saturated heterocycles. The summed E-state index contributed by atoms with van der Waals surface area (Å²) in [5, 5.41) is 6.55. The molecule has 1 heterocycles. The van der Waals surface area contributed by atoms with E-state index in [9.17, 15) is 18.0 Å². The number of urea groups is 1. The van der Waals surface area contributed by atoms with Gasteiger partial charge in [0.05, 0.1) is 5.71 Å². The number of hydrogen-bond donors (Lipinski definition) is 1. The molecule has 3 rings (SSSR count). The minimum atomic E-state index is -4.78. The van der Waals surface area contributed by atoms with Crippen LogP contribution in [0.4, 0.5) is 23.7 Å². The van der Waals surface area contributed by atoms with Gasteiger partial charge in [0.1, 0.15) is 0 Å². The summed E-state index contributed by atoms with van der Waals surface area (Å²) in [6.45, 7) is 1.77. The van der Waals surface area contributed by atoms with Crippen LogP contribution in [0.5, 0.6) is 0 Å². The molecular formula is C20H18Cl2F3N3O2. The van der Waals surface area contributed by atoms with Crippen LogP contribution in [-0.4, -0.2) is 36.9 Å². The van der Waals surface area contributed by atoms with Crippen molar-refractivity contribution in [3.63, 3.8) is 0 Å². The molecule has 0 radical (unpaired) electrons. The molecule has 0 fully saturated rings. The minimum absolute atomic E-state index is 0.0576. The quantitative estimate of drug-likeness (QED) is 0.613. The van der Waals surface area contributed by atoms with E-state index in [0.717, 1.165) is 17.7 Å². The number of nitrogens with zero attached hydrogens (tertiary/aromatic N) is 2. The van der Waals surface area contributed by atoms with Crippen LogP contribution in [0.1, 0.15) is 23.1 Å². The Morgan fingerprint density at radius 1 is 1.17 bits per heavy atom. The third-order valence-electron chi connectivity index (χ3n) is 4.73. The maximum absolute atomic E-state index is 14.1. The topological polar surface area (TPSA) is 53.9 Å². The van der Waals surface area contributed by atoms with Gasteiger partial charge in [-0.15, -0.1) is 0 Å². The maximum Gasteiger partial charge on any atom is 0.435 e. The van der Waals surface area contributed by atoms with Gasteiger partial charge < -0.3 is 15.1 Å². The Morgan fingerprint density at radius 2 is 1.80 bits per heavy atom. The molecule has 1 aliphatic heterocycles. The largest absolute Gasteiger partial charge is 0.435 e. The number of carbonyl (C=O) groups is 1. The molecule has 1 atom stereocenters. The van der Waals surface area contributed by atoms with E-state index in [-0.39, 0.29) is 27.4 Å². The van der Waals surface area contributed by atoms with E-state index in [1.54, 1.807) is 39.2 Å². The highest BCUT2D eigenvalue weighted by atomic mass is 35.5. The number of carbonyl (C=O) groups excluding carboxylic acids is 1. The zero-order chi connectivity index (χ0) is 22.3. The first-order valence-electron chi connectivity index (χ1n) is 8.80. The fraction of sp³-hybridized carbons (Fsp3) is 0.300. The van der Waals surface area contributed by atoms with E-state index in [2.05, 4.69) is 10.5 Å². The number of hydrogen-bond acceptors (Lipinski definition) is 3. The highest BCUT2D eigenvalue weighted by Crippen LogP contribution is 2.49. The van der Waals surface area contributed by atoms with Crippen LogP contribution in [0.3, 0.4) is 0 Å². The van der Waals surface area contributed by atoms with E-state index < -0.39 is 18.2 Å². The molecular weight excluding hydrogens is 442 g/mol. The highest BCUT2D eigenvalue weighted by Gasteiger charge is 2.62. The number of nitrogens with one attached hydrogen (secondary N) is 1. The van der Waals surface area contributed by atoms with Crippen molar-refractivity contribution in [1.82, 2.24) is 4.90 Å². The predicted octanol–water partition coefficient (Wildman–Crippen LogP) is 5.98. The molecule has 10 heteroatoms. The van der Waals surface area contributed by atoms with Crippen LogP contribution >= 0.6 is 23.2 Å². The van der Waals surface area contributed by atoms with Crippen molar-refractivity contribution >= 4 is 40.6 Å². The van der Waals surface area contributed by atoms with Crippen LogP contribution in [-0.2, 0) is 10.4 Å². The van der Waals surface area contributed by atoms with Crippen LogP contribution in [0.25, 0.3) is 0 Å². The molecule has 160 valence electrons. The molecule has 0 spiro atoms. The Morgan fingerprint density at radius 3 is 2.37 bits per heavy atom. The summed E-state index contributed by atoms with van der Waals surface area (Å²) in [5.74, 6) is 0. The minimum Gasteiger partial charge on any atom is -0.374 e. The second-order valence-corrected chi connectivity index (χ2v) is 8.02. The average Bonchev–Trinajstić information content (AvgIpc) is 3.09. The molecule has 2 amide bonds. The molecule has 2 aromatic rings. The summed E-state index contributed by atoms with van der Waals surface area (Å²) in [5.41, 5.74) is -1.26. The lowest BCUT2D eigenvalue weighted by molar-refractivity contribution is -0.275. The zero-order valence-electron chi connectivity index (χ0n) is 16.3. The Balaban J connectivity index is 1.98. The maximum atomic E-state index is 14.1. The van der Waals surface area contributed by atoms with Gasteiger partial charge in [0.25, 0.3) is 5.60 Å². The van der Waals surface area contributed by atoms with Gasteiger partial charge in [0, 0.05) is 47.4 Å². The normalized spacial score (nSPS) is 18.6. The number of oxime groups is 1. The van der Waals surface area contributed by atoms with E-state index in [1.807, 2.05) is 0 Å². The molecule has 1 N–H and O–H groups in total. The van der Waals surface area contributed by atoms with Crippen molar-refractivity contribution in [3.05, 3.63) is 63.1 Å². The fourth-order valence-electron chi connectivity index (χ4n) is 3.01. The van der Waals surface area contributed by atoms with Gasteiger partial charge in [0.2, 0.25) is 0 Å². The molecule has 0 bridgehead atoms. The third-order valence-corrected chi connectivity index (χ3v) is 5.17. The first kappa shape index (κ1) is 22.2. The second-order valence-electron chi connectivity index (χ2n) is 7.14. The fourth-order valence-corrected chi connectivity index (χ4v) is 3.53. The van der Waals surface area contributed by atoms with Crippen LogP contribution in [0.15, 0.2) is 41.6 Å². The van der Waals surface area contributed by atoms with Gasteiger partial charge in [-0.25, -0.2) is 4.79 Å². The van der Waals surface area contributed by atoms with Gasteiger partial charge in [0.15, 0.2) is 0 Å². The molecule has 0 aliphatic carbocycles. The van der Waals surface area contributed by atoms with Crippen molar-refractivity contribution in [2.75, 3.05) is 19.4 Å². The molecule has 1 unspecified atom stereocenters. The predicted molar refractivity (Wildman–Crippen MR) is 110 cm³/mol. The van der Waals surface area contributed by atoms with E-state index in [4.69, 9.17) is 28.0 Å². The average molecular weight is 460 g/mol. The SMILES string of the molecule is Cc1ccc(C2=NOC(c3cc(Cl)cc(Cl)c3)(C(F)(F)F)C2)cc1NC(=O)N(C)C. The second kappa shape index (κ2) is 8.00. The van der Waals surface area contributed by atoms with Crippen molar-refractivity contribution in [3.8, 4) is 0 Å². The summed E-state index contributed by atoms with van der Waals surface area (Å²) in [6.07, 6.45) is -5.35.